The quantitative estimate of drug-likeness (QED) is 0.814. The molecule has 1 aliphatic rings. The normalized spacial score (nSPS) is 21.5. The fourth-order valence-corrected chi connectivity index (χ4v) is 1.95. The number of amides is 1. The molecule has 0 aromatic carbocycles. The first-order valence-electron chi connectivity index (χ1n) is 6.18. The number of hydrogen-bond acceptors (Lipinski definition) is 3. The standard InChI is InChI=1S/C12H24N2O2.ClH/c1-4-16-8-10-5-6-14(7-10)12(15)11(13)9(2)3;/h9-11H,4-8,13H2,1-3H3;1H/t10?,11-;/m0./s1. The van der Waals surface area contributed by atoms with E-state index in [2.05, 4.69) is 0 Å². The van der Waals surface area contributed by atoms with Gasteiger partial charge >= 0.3 is 0 Å². The molecule has 1 unspecified atom stereocenters. The highest BCUT2D eigenvalue weighted by molar-refractivity contribution is 5.85. The third-order valence-electron chi connectivity index (χ3n) is 3.16. The van der Waals surface area contributed by atoms with Gasteiger partial charge in [0.1, 0.15) is 0 Å². The fraction of sp³-hybridized carbons (Fsp3) is 0.917. The number of hydrogen-bond donors (Lipinski definition) is 1. The predicted octanol–water partition coefficient (Wildman–Crippen LogP) is 1.28. The van der Waals surface area contributed by atoms with Crippen molar-refractivity contribution in [3.63, 3.8) is 0 Å². The van der Waals surface area contributed by atoms with Crippen molar-refractivity contribution < 1.29 is 9.53 Å². The maximum Gasteiger partial charge on any atom is 0.239 e. The second kappa shape index (κ2) is 7.90. The van der Waals surface area contributed by atoms with Crippen LogP contribution in [-0.4, -0.2) is 43.2 Å². The van der Waals surface area contributed by atoms with Crippen molar-refractivity contribution in [1.82, 2.24) is 4.90 Å². The molecular weight excluding hydrogens is 240 g/mol. The molecule has 102 valence electrons. The maximum atomic E-state index is 12.0. The summed E-state index contributed by atoms with van der Waals surface area (Å²) in [5, 5.41) is 0. The van der Waals surface area contributed by atoms with Crippen molar-refractivity contribution >= 4 is 18.3 Å². The summed E-state index contributed by atoms with van der Waals surface area (Å²) in [4.78, 5) is 13.8. The van der Waals surface area contributed by atoms with Crippen LogP contribution in [0.1, 0.15) is 27.2 Å². The van der Waals surface area contributed by atoms with Gasteiger partial charge in [-0.15, -0.1) is 12.4 Å². The first-order valence-corrected chi connectivity index (χ1v) is 6.18. The molecule has 2 atom stereocenters. The SMILES string of the molecule is CCOCC1CCN(C(=O)[C@@H](N)C(C)C)C1.Cl. The zero-order valence-corrected chi connectivity index (χ0v) is 11.8. The minimum Gasteiger partial charge on any atom is -0.381 e. The number of ether oxygens (including phenoxy) is 1. The lowest BCUT2D eigenvalue weighted by atomic mass is 10.0. The Bertz CT molecular complexity index is 237. The summed E-state index contributed by atoms with van der Waals surface area (Å²) >= 11 is 0. The predicted molar refractivity (Wildman–Crippen MR) is 71.2 cm³/mol. The Morgan fingerprint density at radius 3 is 2.71 bits per heavy atom. The lowest BCUT2D eigenvalue weighted by molar-refractivity contribution is -0.132. The highest BCUT2D eigenvalue weighted by Crippen LogP contribution is 2.18. The average Bonchev–Trinajstić information content (AvgIpc) is 2.72. The minimum absolute atomic E-state index is 0. The molecule has 0 aliphatic carbocycles. The van der Waals surface area contributed by atoms with Gasteiger partial charge < -0.3 is 15.4 Å². The lowest BCUT2D eigenvalue weighted by Gasteiger charge is -2.23. The molecular formula is C12H25ClN2O2. The van der Waals surface area contributed by atoms with Gasteiger partial charge in [0.25, 0.3) is 0 Å². The van der Waals surface area contributed by atoms with E-state index in [9.17, 15) is 4.79 Å². The van der Waals surface area contributed by atoms with Crippen LogP contribution in [0.5, 0.6) is 0 Å². The van der Waals surface area contributed by atoms with Crippen molar-refractivity contribution in [2.75, 3.05) is 26.3 Å². The average molecular weight is 265 g/mol. The molecule has 0 spiro atoms. The van der Waals surface area contributed by atoms with E-state index >= 15 is 0 Å². The second-order valence-electron chi connectivity index (χ2n) is 4.87. The zero-order chi connectivity index (χ0) is 12.1. The smallest absolute Gasteiger partial charge is 0.239 e. The van der Waals surface area contributed by atoms with Crippen LogP contribution in [0, 0.1) is 11.8 Å². The number of nitrogens with zero attached hydrogens (tertiary/aromatic N) is 1. The summed E-state index contributed by atoms with van der Waals surface area (Å²) in [5.41, 5.74) is 5.86. The number of halogens is 1. The topological polar surface area (TPSA) is 55.6 Å². The van der Waals surface area contributed by atoms with Crippen LogP contribution >= 0.6 is 12.4 Å². The van der Waals surface area contributed by atoms with Crippen molar-refractivity contribution in [3.8, 4) is 0 Å². The van der Waals surface area contributed by atoms with E-state index in [4.69, 9.17) is 10.5 Å². The Kier molecular flexibility index (Phi) is 7.75. The molecule has 1 fully saturated rings. The number of likely N-dealkylation sites (tertiary alicyclic amines) is 1. The summed E-state index contributed by atoms with van der Waals surface area (Å²) in [6.45, 7) is 9.10. The van der Waals surface area contributed by atoms with E-state index in [0.717, 1.165) is 32.7 Å². The van der Waals surface area contributed by atoms with Crippen LogP contribution < -0.4 is 5.73 Å². The molecule has 0 saturated carbocycles. The highest BCUT2D eigenvalue weighted by atomic mass is 35.5. The Labute approximate surface area is 110 Å². The van der Waals surface area contributed by atoms with E-state index in [1.165, 1.54) is 0 Å². The van der Waals surface area contributed by atoms with Gasteiger partial charge in [0, 0.05) is 25.6 Å². The van der Waals surface area contributed by atoms with E-state index in [1.54, 1.807) is 0 Å². The van der Waals surface area contributed by atoms with E-state index in [-0.39, 0.29) is 30.3 Å². The zero-order valence-electron chi connectivity index (χ0n) is 11.0. The third kappa shape index (κ3) is 4.82. The summed E-state index contributed by atoms with van der Waals surface area (Å²) in [7, 11) is 0. The van der Waals surface area contributed by atoms with Crippen LogP contribution in [-0.2, 0) is 9.53 Å². The molecule has 1 heterocycles. The molecule has 0 aromatic heterocycles. The van der Waals surface area contributed by atoms with Crippen molar-refractivity contribution in [2.24, 2.45) is 17.6 Å². The maximum absolute atomic E-state index is 12.0. The van der Waals surface area contributed by atoms with Crippen LogP contribution in [0.25, 0.3) is 0 Å². The largest absolute Gasteiger partial charge is 0.381 e. The van der Waals surface area contributed by atoms with Crippen molar-refractivity contribution in [2.45, 2.75) is 33.2 Å². The fourth-order valence-electron chi connectivity index (χ4n) is 1.95. The minimum atomic E-state index is -0.356. The van der Waals surface area contributed by atoms with Gasteiger partial charge in [-0.3, -0.25) is 4.79 Å². The Morgan fingerprint density at radius 1 is 1.53 bits per heavy atom. The molecule has 5 heteroatoms. The van der Waals surface area contributed by atoms with Crippen LogP contribution in [0.2, 0.25) is 0 Å². The highest BCUT2D eigenvalue weighted by Gasteiger charge is 2.30. The second-order valence-corrected chi connectivity index (χ2v) is 4.87. The Morgan fingerprint density at radius 2 is 2.18 bits per heavy atom. The lowest BCUT2D eigenvalue weighted by Crippen LogP contribution is -2.45. The number of rotatable bonds is 5. The van der Waals surface area contributed by atoms with Gasteiger partial charge in [-0.1, -0.05) is 13.8 Å². The Balaban J connectivity index is 0.00000256. The molecule has 0 radical (unpaired) electrons. The first-order chi connectivity index (χ1) is 7.56. The monoisotopic (exact) mass is 264 g/mol. The van der Waals surface area contributed by atoms with E-state index in [1.807, 2.05) is 25.7 Å². The van der Waals surface area contributed by atoms with Gasteiger partial charge in [-0.05, 0) is 19.3 Å². The Hall–Kier alpha value is -0.320. The first kappa shape index (κ1) is 16.7. The molecule has 17 heavy (non-hydrogen) atoms. The van der Waals surface area contributed by atoms with Gasteiger partial charge in [0.15, 0.2) is 0 Å². The number of carbonyl (C=O) groups is 1. The van der Waals surface area contributed by atoms with E-state index in [0.29, 0.717) is 5.92 Å². The van der Waals surface area contributed by atoms with Crippen LogP contribution in [0.4, 0.5) is 0 Å². The van der Waals surface area contributed by atoms with Crippen molar-refractivity contribution in [3.05, 3.63) is 0 Å². The molecule has 1 saturated heterocycles. The molecule has 4 nitrogen and oxygen atoms in total. The molecule has 0 aromatic rings. The van der Waals surface area contributed by atoms with Crippen LogP contribution in [0.3, 0.4) is 0 Å². The number of nitrogens with two attached hydrogens (primary N) is 1. The van der Waals surface area contributed by atoms with Gasteiger partial charge in [0.05, 0.1) is 12.6 Å². The molecule has 2 N–H and O–H groups in total. The molecule has 0 bridgehead atoms. The molecule has 1 amide bonds. The van der Waals surface area contributed by atoms with Crippen LogP contribution in [0.15, 0.2) is 0 Å². The molecule has 1 aliphatic heterocycles. The summed E-state index contributed by atoms with van der Waals surface area (Å²) in [6.07, 6.45) is 1.04. The molecule has 1 rings (SSSR count). The summed E-state index contributed by atoms with van der Waals surface area (Å²) in [6, 6.07) is -0.356. The van der Waals surface area contributed by atoms with Gasteiger partial charge in [-0.2, -0.15) is 0 Å². The van der Waals surface area contributed by atoms with Gasteiger partial charge in [-0.25, -0.2) is 0 Å². The van der Waals surface area contributed by atoms with Crippen molar-refractivity contribution in [1.29, 1.82) is 0 Å². The number of carbonyl (C=O) groups excluding carboxylic acids is 1. The summed E-state index contributed by atoms with van der Waals surface area (Å²) < 4.78 is 5.38. The van der Waals surface area contributed by atoms with Gasteiger partial charge in [0.2, 0.25) is 5.91 Å². The third-order valence-corrected chi connectivity index (χ3v) is 3.16. The van der Waals surface area contributed by atoms with E-state index < -0.39 is 0 Å². The summed E-state index contributed by atoms with van der Waals surface area (Å²) in [5.74, 6) is 0.788.